The SMILES string of the molecule is CC(C)(Cc1cccc(CC(=O)NCC2C=CC=C(c3ccc(O)cc3)C2)c1)NC(=O)CCl. The molecule has 0 saturated carbocycles. The molecule has 0 saturated heterocycles. The number of halogens is 1. The largest absolute Gasteiger partial charge is 0.508 e. The molecule has 0 radical (unpaired) electrons. The maximum absolute atomic E-state index is 12.6. The molecule has 5 nitrogen and oxygen atoms in total. The summed E-state index contributed by atoms with van der Waals surface area (Å²) in [6.07, 6.45) is 8.00. The molecule has 6 heteroatoms. The number of aromatic hydroxyl groups is 1. The standard InChI is InChI=1S/C27H31ClN2O3/c1-27(2,30-26(33)17-28)16-20-6-3-5-19(13-20)15-25(32)29-18-21-7-4-8-23(14-21)22-9-11-24(31)12-10-22/h3-13,21,31H,14-18H2,1-2H3,(H,29,32)(H,30,33). The molecular formula is C27H31ClN2O3. The molecule has 0 fully saturated rings. The topological polar surface area (TPSA) is 78.4 Å². The van der Waals surface area contributed by atoms with Crippen molar-refractivity contribution in [1.82, 2.24) is 10.6 Å². The number of phenolic OH excluding ortho intramolecular Hbond substituents is 1. The second kappa shape index (κ2) is 11.2. The van der Waals surface area contributed by atoms with Crippen LogP contribution in [0, 0.1) is 5.92 Å². The molecule has 1 unspecified atom stereocenters. The molecule has 0 aromatic heterocycles. The number of hydrogen-bond donors (Lipinski definition) is 3. The lowest BCUT2D eigenvalue weighted by molar-refractivity contribution is -0.121. The summed E-state index contributed by atoms with van der Waals surface area (Å²) in [7, 11) is 0. The molecule has 3 N–H and O–H groups in total. The van der Waals surface area contributed by atoms with Crippen molar-refractivity contribution in [1.29, 1.82) is 0 Å². The van der Waals surface area contributed by atoms with E-state index in [1.807, 2.05) is 56.3 Å². The van der Waals surface area contributed by atoms with Crippen LogP contribution in [0.15, 0.2) is 66.8 Å². The summed E-state index contributed by atoms with van der Waals surface area (Å²) >= 11 is 5.60. The van der Waals surface area contributed by atoms with E-state index < -0.39 is 5.54 Å². The lowest BCUT2D eigenvalue weighted by Crippen LogP contribution is -2.45. The highest BCUT2D eigenvalue weighted by Crippen LogP contribution is 2.28. The molecule has 174 valence electrons. The van der Waals surface area contributed by atoms with Crippen molar-refractivity contribution in [3.05, 3.63) is 83.4 Å². The highest BCUT2D eigenvalue weighted by molar-refractivity contribution is 6.27. The first kappa shape index (κ1) is 24.6. The fourth-order valence-electron chi connectivity index (χ4n) is 4.08. The van der Waals surface area contributed by atoms with E-state index in [0.717, 1.165) is 23.1 Å². The molecule has 0 aliphatic heterocycles. The molecule has 3 rings (SSSR count). The van der Waals surface area contributed by atoms with Crippen molar-refractivity contribution in [3.8, 4) is 5.75 Å². The van der Waals surface area contributed by atoms with Crippen LogP contribution in [0.3, 0.4) is 0 Å². The summed E-state index contributed by atoms with van der Waals surface area (Å²) in [6, 6.07) is 15.1. The first-order valence-corrected chi connectivity index (χ1v) is 11.7. The molecular weight excluding hydrogens is 436 g/mol. The van der Waals surface area contributed by atoms with E-state index >= 15 is 0 Å². The van der Waals surface area contributed by atoms with Gasteiger partial charge < -0.3 is 15.7 Å². The van der Waals surface area contributed by atoms with Gasteiger partial charge in [0.15, 0.2) is 0 Å². The third-order valence-electron chi connectivity index (χ3n) is 5.56. The Morgan fingerprint density at radius 3 is 2.55 bits per heavy atom. The van der Waals surface area contributed by atoms with Gasteiger partial charge in [-0.15, -0.1) is 11.6 Å². The van der Waals surface area contributed by atoms with Crippen LogP contribution in [0.5, 0.6) is 5.75 Å². The Labute approximate surface area is 200 Å². The van der Waals surface area contributed by atoms with E-state index in [0.29, 0.717) is 19.4 Å². The number of alkyl halides is 1. The van der Waals surface area contributed by atoms with E-state index in [-0.39, 0.29) is 29.4 Å². The van der Waals surface area contributed by atoms with Crippen LogP contribution in [0.1, 0.15) is 37.0 Å². The predicted octanol–water partition coefficient (Wildman–Crippen LogP) is 4.39. The van der Waals surface area contributed by atoms with Crippen LogP contribution in [-0.2, 0) is 22.4 Å². The van der Waals surface area contributed by atoms with Crippen molar-refractivity contribution in [2.45, 2.75) is 38.6 Å². The van der Waals surface area contributed by atoms with Crippen molar-refractivity contribution in [3.63, 3.8) is 0 Å². The molecule has 0 heterocycles. The number of phenols is 1. The van der Waals surface area contributed by atoms with Crippen molar-refractivity contribution < 1.29 is 14.7 Å². The summed E-state index contributed by atoms with van der Waals surface area (Å²) in [5.74, 6) is 0.197. The number of hydrogen-bond acceptors (Lipinski definition) is 3. The Morgan fingerprint density at radius 2 is 1.82 bits per heavy atom. The van der Waals surface area contributed by atoms with Gasteiger partial charge in [-0.05, 0) is 67.0 Å². The van der Waals surface area contributed by atoms with Gasteiger partial charge in [0.2, 0.25) is 11.8 Å². The monoisotopic (exact) mass is 466 g/mol. The molecule has 2 aromatic carbocycles. The predicted molar refractivity (Wildman–Crippen MR) is 133 cm³/mol. The quantitative estimate of drug-likeness (QED) is 0.480. The number of nitrogens with one attached hydrogen (secondary N) is 2. The molecule has 1 atom stereocenters. The zero-order valence-corrected chi connectivity index (χ0v) is 19.9. The fourth-order valence-corrected chi connectivity index (χ4v) is 4.15. The Kier molecular flexibility index (Phi) is 8.34. The summed E-state index contributed by atoms with van der Waals surface area (Å²) in [5, 5.41) is 15.5. The minimum absolute atomic E-state index is 0.0176. The Bertz CT molecular complexity index is 1040. The van der Waals surface area contributed by atoms with E-state index in [2.05, 4.69) is 22.8 Å². The average Bonchev–Trinajstić information content (AvgIpc) is 2.78. The van der Waals surface area contributed by atoms with Crippen LogP contribution in [-0.4, -0.2) is 34.9 Å². The normalized spacial score (nSPS) is 15.6. The van der Waals surface area contributed by atoms with Gasteiger partial charge in [-0.3, -0.25) is 9.59 Å². The molecule has 1 aliphatic rings. The highest BCUT2D eigenvalue weighted by Gasteiger charge is 2.21. The number of amides is 2. The zero-order chi connectivity index (χ0) is 23.8. The third-order valence-corrected chi connectivity index (χ3v) is 5.81. The van der Waals surface area contributed by atoms with Crippen molar-refractivity contribution in [2.24, 2.45) is 5.92 Å². The first-order valence-electron chi connectivity index (χ1n) is 11.1. The van der Waals surface area contributed by atoms with Crippen molar-refractivity contribution in [2.75, 3.05) is 12.4 Å². The van der Waals surface area contributed by atoms with E-state index in [4.69, 9.17) is 11.6 Å². The van der Waals surface area contributed by atoms with Crippen LogP contribution in [0.25, 0.3) is 5.57 Å². The maximum atomic E-state index is 12.6. The number of benzene rings is 2. The zero-order valence-electron chi connectivity index (χ0n) is 19.1. The molecule has 1 aliphatic carbocycles. The first-order chi connectivity index (χ1) is 15.7. The lowest BCUT2D eigenvalue weighted by atomic mass is 9.90. The Morgan fingerprint density at radius 1 is 1.09 bits per heavy atom. The van der Waals surface area contributed by atoms with Gasteiger partial charge in [0.05, 0.1) is 6.42 Å². The summed E-state index contributed by atoms with van der Waals surface area (Å²) in [6.45, 7) is 4.48. The Hall–Kier alpha value is -3.05. The van der Waals surface area contributed by atoms with Gasteiger partial charge in [-0.25, -0.2) is 0 Å². The molecule has 2 aromatic rings. The summed E-state index contributed by atoms with van der Waals surface area (Å²) in [4.78, 5) is 24.2. The lowest BCUT2D eigenvalue weighted by Gasteiger charge is -2.26. The van der Waals surface area contributed by atoms with Gasteiger partial charge in [-0.2, -0.15) is 0 Å². The van der Waals surface area contributed by atoms with Gasteiger partial charge in [-0.1, -0.05) is 54.6 Å². The molecule has 2 amide bonds. The number of carbonyl (C=O) groups excluding carboxylic acids is 2. The third kappa shape index (κ3) is 7.79. The van der Waals surface area contributed by atoms with Gasteiger partial charge in [0, 0.05) is 12.1 Å². The smallest absolute Gasteiger partial charge is 0.235 e. The second-order valence-electron chi connectivity index (χ2n) is 9.13. The average molecular weight is 467 g/mol. The maximum Gasteiger partial charge on any atom is 0.235 e. The Balaban J connectivity index is 1.50. The highest BCUT2D eigenvalue weighted by atomic mass is 35.5. The summed E-state index contributed by atoms with van der Waals surface area (Å²) in [5.41, 5.74) is 3.83. The van der Waals surface area contributed by atoms with Gasteiger partial charge >= 0.3 is 0 Å². The minimum atomic E-state index is -0.428. The van der Waals surface area contributed by atoms with Crippen LogP contribution < -0.4 is 10.6 Å². The van der Waals surface area contributed by atoms with E-state index in [9.17, 15) is 14.7 Å². The minimum Gasteiger partial charge on any atom is -0.508 e. The van der Waals surface area contributed by atoms with E-state index in [1.54, 1.807) is 12.1 Å². The van der Waals surface area contributed by atoms with Crippen molar-refractivity contribution >= 4 is 29.0 Å². The van der Waals surface area contributed by atoms with E-state index in [1.165, 1.54) is 5.57 Å². The number of allylic oxidation sites excluding steroid dienone is 3. The molecule has 0 bridgehead atoms. The fraction of sp³-hybridized carbons (Fsp3) is 0.333. The van der Waals surface area contributed by atoms with Gasteiger partial charge in [0.25, 0.3) is 0 Å². The van der Waals surface area contributed by atoms with Gasteiger partial charge in [0.1, 0.15) is 11.6 Å². The van der Waals surface area contributed by atoms with Crippen LogP contribution in [0.4, 0.5) is 0 Å². The molecule has 33 heavy (non-hydrogen) atoms. The number of carbonyl (C=O) groups is 2. The second-order valence-corrected chi connectivity index (χ2v) is 9.40. The molecule has 0 spiro atoms. The van der Waals surface area contributed by atoms with Crippen LogP contribution >= 0.6 is 11.6 Å². The number of rotatable bonds is 9. The summed E-state index contributed by atoms with van der Waals surface area (Å²) < 4.78 is 0. The van der Waals surface area contributed by atoms with Crippen LogP contribution in [0.2, 0.25) is 0 Å².